The Kier molecular flexibility index (Phi) is 23.2. The number of Topliss-reactive ketones (excluding diaryl/α,β-unsaturated/α-hetero) is 3. The number of ether oxygens (including phenoxy) is 9. The predicted molar refractivity (Wildman–Crippen MR) is 399 cm³/mol. The van der Waals surface area contributed by atoms with Crippen molar-refractivity contribution in [1.82, 2.24) is 5.32 Å². The molecule has 18 atom stereocenters. The summed E-state index contributed by atoms with van der Waals surface area (Å²) >= 11 is 0. The maximum atomic E-state index is 13.7. The molecule has 0 radical (unpaired) electrons. The van der Waals surface area contributed by atoms with Crippen LogP contribution in [0.3, 0.4) is 0 Å². The number of carbonyl (C=O) groups is 9. The van der Waals surface area contributed by atoms with E-state index in [1.165, 1.54) is 82.9 Å². The maximum absolute atomic E-state index is 13.7. The largest absolute Gasteiger partial charge is 0.507 e. The number of ketones is 9. The van der Waals surface area contributed by atoms with E-state index < -0.39 is 274 Å². The molecule has 6 aromatic rings. The van der Waals surface area contributed by atoms with Gasteiger partial charge in [-0.05, 0) is 52.9 Å². The van der Waals surface area contributed by atoms with E-state index in [1.54, 1.807) is 27.8 Å². The number of likely N-dealkylation sites (N-methyl/N-ethyl adjacent to an activating group) is 1. The Hall–Kier alpha value is -10.1. The lowest BCUT2D eigenvalue weighted by atomic mass is 9.72. The molecule has 0 bridgehead atoms. The fraction of sp³-hybridized carbons (Fsp3) is 0.451. The zero-order valence-corrected chi connectivity index (χ0v) is 64.4. The van der Waals surface area contributed by atoms with Crippen molar-refractivity contribution in [3.63, 3.8) is 0 Å². The second-order valence-corrected chi connectivity index (χ2v) is 30.7. The number of methoxy groups -OCH3 is 3. The molecule has 0 spiro atoms. The minimum atomic E-state index is -2.24. The van der Waals surface area contributed by atoms with Crippen LogP contribution in [0.15, 0.2) is 54.6 Å². The van der Waals surface area contributed by atoms with Crippen LogP contribution in [0.2, 0.25) is 0 Å². The smallest absolute Gasteiger partial charge is 0.202 e. The van der Waals surface area contributed by atoms with E-state index in [1.807, 2.05) is 0 Å². The zero-order chi connectivity index (χ0) is 85.2. The lowest BCUT2D eigenvalue weighted by Gasteiger charge is -2.42. The highest BCUT2D eigenvalue weighted by Gasteiger charge is 2.55. The van der Waals surface area contributed by atoms with Gasteiger partial charge in [0.1, 0.15) is 81.8 Å². The van der Waals surface area contributed by atoms with Crippen LogP contribution in [-0.4, -0.2) is 256 Å². The van der Waals surface area contributed by atoms with Gasteiger partial charge >= 0.3 is 0 Å². The molecule has 3 heterocycles. The summed E-state index contributed by atoms with van der Waals surface area (Å²) in [7, 11) is 5.65. The summed E-state index contributed by atoms with van der Waals surface area (Å²) in [6, 6.07) is 11.3. The van der Waals surface area contributed by atoms with Gasteiger partial charge in [0.25, 0.3) is 0 Å². The van der Waals surface area contributed by atoms with Crippen molar-refractivity contribution in [3.05, 3.63) is 155 Å². The van der Waals surface area contributed by atoms with Crippen molar-refractivity contribution in [2.24, 2.45) is 11.5 Å². The van der Waals surface area contributed by atoms with Crippen molar-refractivity contribution in [2.45, 2.75) is 194 Å². The molecule has 9 aliphatic rings. The van der Waals surface area contributed by atoms with Crippen molar-refractivity contribution < 1.29 is 157 Å². The number of aliphatic hydroxyl groups excluding tert-OH is 5. The summed E-state index contributed by atoms with van der Waals surface area (Å²) < 4.78 is 51.3. The highest BCUT2D eigenvalue weighted by atomic mass is 16.7. The fourth-order valence-electron chi connectivity index (χ4n) is 17.4. The normalized spacial score (nSPS) is 29.8. The number of rotatable bonds is 15. The number of nitrogens with one attached hydrogen (secondary N) is 1. The molecular weight excluding hydrogens is 1540 g/mol. The molecule has 624 valence electrons. The second kappa shape index (κ2) is 32.0. The Morgan fingerprint density at radius 3 is 1.00 bits per heavy atom. The van der Waals surface area contributed by atoms with Crippen LogP contribution in [0.25, 0.3) is 0 Å². The molecule has 35 nitrogen and oxygen atoms in total. The van der Waals surface area contributed by atoms with Crippen LogP contribution in [0, 0.1) is 0 Å². The fourth-order valence-corrected chi connectivity index (χ4v) is 17.4. The Balaban J connectivity index is 0.000000152. The number of aliphatic hydroxyl groups is 8. The van der Waals surface area contributed by atoms with Gasteiger partial charge in [0.2, 0.25) is 17.3 Å². The molecule has 6 aliphatic carbocycles. The van der Waals surface area contributed by atoms with Crippen LogP contribution in [0.4, 0.5) is 0 Å². The van der Waals surface area contributed by atoms with Gasteiger partial charge in [0, 0.05) is 126 Å². The van der Waals surface area contributed by atoms with Gasteiger partial charge in [0.15, 0.2) is 53.6 Å². The average molecular weight is 1630 g/mol. The summed E-state index contributed by atoms with van der Waals surface area (Å²) in [6.45, 7) is 3.98. The molecule has 3 saturated heterocycles. The highest BCUT2D eigenvalue weighted by molar-refractivity contribution is 6.33. The second-order valence-electron chi connectivity index (χ2n) is 30.7. The monoisotopic (exact) mass is 1630 g/mol. The lowest BCUT2D eigenvalue weighted by molar-refractivity contribution is -0.249. The summed E-state index contributed by atoms with van der Waals surface area (Å²) in [6.07, 6.45) is -14.3. The van der Waals surface area contributed by atoms with Gasteiger partial charge in [-0.15, -0.1) is 0 Å². The maximum Gasteiger partial charge on any atom is 0.202 e. The Labute approximate surface area is 665 Å². The first kappa shape index (κ1) is 84.8. The molecule has 0 amide bonds. The van der Waals surface area contributed by atoms with Crippen molar-refractivity contribution in [2.75, 3.05) is 41.6 Å². The molecule has 0 saturated carbocycles. The summed E-state index contributed by atoms with van der Waals surface area (Å²) in [4.78, 5) is 119. The summed E-state index contributed by atoms with van der Waals surface area (Å²) in [5.41, 5.74) is 1.82. The van der Waals surface area contributed by atoms with Crippen LogP contribution in [0.5, 0.6) is 51.7 Å². The molecule has 12 unspecified atom stereocenters. The van der Waals surface area contributed by atoms with E-state index in [-0.39, 0.29) is 110 Å². The van der Waals surface area contributed by atoms with E-state index >= 15 is 0 Å². The molecule has 117 heavy (non-hydrogen) atoms. The van der Waals surface area contributed by atoms with E-state index in [2.05, 4.69) is 5.32 Å². The quantitative estimate of drug-likeness (QED) is 0.0643. The van der Waals surface area contributed by atoms with E-state index in [0.29, 0.717) is 0 Å². The van der Waals surface area contributed by atoms with Crippen molar-refractivity contribution >= 4 is 52.0 Å². The SMILES string of the molecule is CNC1CC(O[C@H]2C[C@](O)(C(=O)CO)Cc3c(O)c4c(c(O)c32)C(=O)c2c(OC)cccc2C4=O)OC(C)C1O.COc1cccc2c1C(=O)c1c(O)c3c(c(O)c1C2=O)C[C@@](O)(C(=O)CO)C[C@@H]3OC1CC(N)C(O)C(C)O1.COc1cccc2c1C(=O)c1c(O)c3c(c(O)c1C2=O)C[C@@](O)(C(C)=O)C[C@@H]3OC1CC(N)C(O)C(C)O1. The van der Waals surface area contributed by atoms with Crippen LogP contribution >= 0.6 is 0 Å². The van der Waals surface area contributed by atoms with Gasteiger partial charge < -0.3 is 131 Å². The number of aromatic hydroxyl groups is 6. The first-order valence-corrected chi connectivity index (χ1v) is 37.5. The zero-order valence-electron chi connectivity index (χ0n) is 64.4. The number of phenols is 6. The highest BCUT2D eigenvalue weighted by Crippen LogP contribution is 2.57. The van der Waals surface area contributed by atoms with Gasteiger partial charge in [-0.3, -0.25) is 43.2 Å². The first-order valence-electron chi connectivity index (χ1n) is 37.5. The van der Waals surface area contributed by atoms with E-state index in [9.17, 15) is 115 Å². The Morgan fingerprint density at radius 2 is 0.718 bits per heavy atom. The van der Waals surface area contributed by atoms with Crippen LogP contribution < -0.4 is 31.0 Å². The first-order chi connectivity index (χ1) is 55.3. The average Bonchev–Trinajstić information content (AvgIpc) is 0.719. The standard InChI is InChI=1S/C28H31NO11.C27H29NO11.C27H29NO10/c1-11-23(32)14(29-2)7-18(39-11)40-16-9-28(37,17(31)10-30)8-13-20(16)27(36)22-21(25(13)34)24(33)12-5-4-6-15(38-3)19(12)26(22)35;1-10-22(31)13(28)6-17(38-10)39-15-8-27(36,16(30)9-29)7-12-19(15)26(35)21-20(24(12)33)23(32)11-4-3-5-14(37-2)18(11)25(21)34;1-10-22(30)14(28)7-17(37-10)38-16-9-27(35,11(2)29)8-13-19(16)26(34)21-20(24(13)32)23(31)12-5-4-6-15(36-3)18(12)25(21)33/h4-6,11,14,16,18,23,29-30,32,34,36-37H,7-10H2,1-3H3;3-5,10,13,15,17,22,29,31,33,35-36H,6-9,28H2,1-2H3;4-6,10,14,16-17,22,30,32,34-35H,7-9,28H2,1-3H3/t11?,14?,16-,18?,23?,28-;10?,13?,15-,17?,22?,27-;10?,14?,16-,17?,22?,27-/m000/s1. The summed E-state index contributed by atoms with van der Waals surface area (Å²) in [5.74, 6) is -10.6. The van der Waals surface area contributed by atoms with Gasteiger partial charge in [-0.25, -0.2) is 0 Å². The predicted octanol–water partition coefficient (Wildman–Crippen LogP) is 1.29. The van der Waals surface area contributed by atoms with E-state index in [4.69, 9.17) is 54.1 Å². The third kappa shape index (κ3) is 14.2. The van der Waals surface area contributed by atoms with Gasteiger partial charge in [-0.1, -0.05) is 36.4 Å². The Bertz CT molecular complexity index is 5130. The molecule has 35 heteroatoms. The minimum Gasteiger partial charge on any atom is -0.507 e. The third-order valence-electron chi connectivity index (χ3n) is 23.7. The van der Waals surface area contributed by atoms with Crippen molar-refractivity contribution in [3.8, 4) is 51.7 Å². The van der Waals surface area contributed by atoms with Crippen LogP contribution in [-0.2, 0) is 62.1 Å². The summed E-state index contributed by atoms with van der Waals surface area (Å²) in [5, 5.41) is 155. The van der Waals surface area contributed by atoms with E-state index in [0.717, 1.165) is 0 Å². The van der Waals surface area contributed by atoms with Gasteiger partial charge in [-0.2, -0.15) is 0 Å². The molecular formula is C82H89N3O32. The van der Waals surface area contributed by atoms with Crippen LogP contribution in [0.1, 0.15) is 213 Å². The number of benzene rings is 6. The number of hydrogen-bond acceptors (Lipinski definition) is 35. The number of nitrogens with two attached hydrogens (primary N) is 2. The molecule has 6 aromatic carbocycles. The van der Waals surface area contributed by atoms with Crippen molar-refractivity contribution in [1.29, 1.82) is 0 Å². The molecule has 3 aliphatic heterocycles. The molecule has 15 rings (SSSR count). The topological polar surface area (TPSA) is 584 Å². The third-order valence-corrected chi connectivity index (χ3v) is 23.7. The minimum absolute atomic E-state index is 0.0147. The molecule has 0 aromatic heterocycles. The number of carbonyl (C=O) groups excluding carboxylic acids is 9. The number of hydrogen-bond donors (Lipinski definition) is 17. The number of phenolic OH excluding ortho intramolecular Hbond substituents is 6. The lowest BCUT2D eigenvalue weighted by Crippen LogP contribution is -2.53. The number of fused-ring (bicyclic) bond motifs is 9. The molecule has 19 N–H and O–H groups in total. The Morgan fingerprint density at radius 1 is 0.436 bits per heavy atom. The van der Waals surface area contributed by atoms with Gasteiger partial charge in [0.05, 0.1) is 126 Å². The molecule has 3 fully saturated rings.